The van der Waals surface area contributed by atoms with E-state index in [1.54, 1.807) is 12.1 Å². The second kappa shape index (κ2) is 5.88. The summed E-state index contributed by atoms with van der Waals surface area (Å²) in [5, 5.41) is 12.0. The number of rotatable bonds is 4. The van der Waals surface area contributed by atoms with E-state index in [1.807, 2.05) is 6.92 Å². The van der Waals surface area contributed by atoms with Gasteiger partial charge in [-0.05, 0) is 36.8 Å². The molecule has 0 saturated carbocycles. The van der Waals surface area contributed by atoms with E-state index < -0.39 is 5.97 Å². The zero-order valence-corrected chi connectivity index (χ0v) is 11.4. The minimum atomic E-state index is -1.09. The number of pyridine rings is 1. The third kappa shape index (κ3) is 3.45. The molecule has 2 N–H and O–H groups in total. The molecule has 6 heteroatoms. The highest BCUT2D eigenvalue weighted by atomic mass is 35.5. The van der Waals surface area contributed by atoms with Crippen molar-refractivity contribution in [2.45, 2.75) is 13.0 Å². The molecule has 0 amide bonds. The van der Waals surface area contributed by atoms with E-state index in [9.17, 15) is 9.18 Å². The second-order valence-electron chi connectivity index (χ2n) is 4.29. The summed E-state index contributed by atoms with van der Waals surface area (Å²) < 4.78 is 13.2. The molecule has 0 aliphatic rings. The molecule has 2 aromatic rings. The Morgan fingerprint density at radius 2 is 2.15 bits per heavy atom. The Balaban J connectivity index is 2.23. The first kappa shape index (κ1) is 14.3. The molecule has 1 atom stereocenters. The summed E-state index contributed by atoms with van der Waals surface area (Å²) in [6.07, 6.45) is 0. The third-order valence-corrected chi connectivity index (χ3v) is 2.95. The van der Waals surface area contributed by atoms with Crippen LogP contribution < -0.4 is 5.32 Å². The number of nitrogens with one attached hydrogen (secondary N) is 1. The summed E-state index contributed by atoms with van der Waals surface area (Å²) in [6, 6.07) is 8.54. The van der Waals surface area contributed by atoms with Crippen molar-refractivity contribution >= 4 is 23.4 Å². The Morgan fingerprint density at radius 1 is 1.40 bits per heavy atom. The maximum Gasteiger partial charge on any atom is 0.335 e. The maximum atomic E-state index is 13.2. The van der Waals surface area contributed by atoms with E-state index in [0.717, 1.165) is 5.56 Å². The van der Waals surface area contributed by atoms with Gasteiger partial charge in [-0.2, -0.15) is 0 Å². The van der Waals surface area contributed by atoms with Gasteiger partial charge in [-0.1, -0.05) is 23.7 Å². The molecule has 0 radical (unpaired) electrons. The highest BCUT2D eigenvalue weighted by molar-refractivity contribution is 6.29. The van der Waals surface area contributed by atoms with Crippen LogP contribution >= 0.6 is 11.6 Å². The molecule has 1 unspecified atom stereocenters. The van der Waals surface area contributed by atoms with E-state index in [1.165, 1.54) is 24.3 Å². The minimum Gasteiger partial charge on any atom is -0.478 e. The fourth-order valence-corrected chi connectivity index (χ4v) is 1.98. The number of halogens is 2. The van der Waals surface area contributed by atoms with Gasteiger partial charge in [0.2, 0.25) is 0 Å². The maximum absolute atomic E-state index is 13.2. The van der Waals surface area contributed by atoms with Gasteiger partial charge < -0.3 is 10.4 Å². The third-order valence-electron chi connectivity index (χ3n) is 2.75. The largest absolute Gasteiger partial charge is 0.478 e. The number of hydrogen-bond acceptors (Lipinski definition) is 3. The van der Waals surface area contributed by atoms with Gasteiger partial charge in [0.15, 0.2) is 0 Å². The van der Waals surface area contributed by atoms with Gasteiger partial charge in [0, 0.05) is 0 Å². The highest BCUT2D eigenvalue weighted by Gasteiger charge is 2.11. The molecule has 1 aromatic carbocycles. The number of anilines is 1. The summed E-state index contributed by atoms with van der Waals surface area (Å²) in [6.45, 7) is 1.82. The summed E-state index contributed by atoms with van der Waals surface area (Å²) >= 11 is 5.77. The lowest BCUT2D eigenvalue weighted by Crippen LogP contribution is -2.09. The molecule has 1 aromatic heterocycles. The van der Waals surface area contributed by atoms with Crippen LogP contribution in [-0.4, -0.2) is 16.1 Å². The molecule has 1 heterocycles. The van der Waals surface area contributed by atoms with Crippen molar-refractivity contribution in [3.63, 3.8) is 0 Å². The number of hydrogen-bond donors (Lipinski definition) is 2. The fraction of sp³-hybridized carbons (Fsp3) is 0.143. The molecule has 0 saturated heterocycles. The Bertz CT molecular complexity index is 649. The normalized spacial score (nSPS) is 11.9. The second-order valence-corrected chi connectivity index (χ2v) is 4.68. The molecule has 0 bridgehead atoms. The average molecular weight is 295 g/mol. The summed E-state index contributed by atoms with van der Waals surface area (Å²) in [5.41, 5.74) is 0.766. The number of carbonyl (C=O) groups is 1. The molecular formula is C14H12ClFN2O2. The highest BCUT2D eigenvalue weighted by Crippen LogP contribution is 2.21. The Morgan fingerprint density at radius 3 is 2.80 bits per heavy atom. The van der Waals surface area contributed by atoms with Gasteiger partial charge in [0.25, 0.3) is 0 Å². The lowest BCUT2D eigenvalue weighted by Gasteiger charge is -2.15. The zero-order chi connectivity index (χ0) is 14.7. The van der Waals surface area contributed by atoms with Gasteiger partial charge in [-0.25, -0.2) is 14.2 Å². The van der Waals surface area contributed by atoms with Crippen molar-refractivity contribution < 1.29 is 14.3 Å². The number of benzene rings is 1. The Labute approximate surface area is 120 Å². The smallest absolute Gasteiger partial charge is 0.335 e. The number of carboxylic acid groups (broad SMARTS) is 1. The number of aromatic nitrogens is 1. The van der Waals surface area contributed by atoms with Gasteiger partial charge in [0.1, 0.15) is 16.8 Å². The average Bonchev–Trinajstić information content (AvgIpc) is 2.37. The van der Waals surface area contributed by atoms with E-state index in [-0.39, 0.29) is 22.6 Å². The predicted octanol–water partition coefficient (Wildman–Crippen LogP) is 3.75. The van der Waals surface area contributed by atoms with Crippen LogP contribution in [0, 0.1) is 5.82 Å². The molecule has 4 nitrogen and oxygen atoms in total. The quantitative estimate of drug-likeness (QED) is 0.843. The van der Waals surface area contributed by atoms with Crippen LogP contribution in [0.5, 0.6) is 0 Å². The van der Waals surface area contributed by atoms with Crippen LogP contribution in [0.1, 0.15) is 28.9 Å². The molecular weight excluding hydrogens is 283 g/mol. The first-order valence-corrected chi connectivity index (χ1v) is 6.26. The van der Waals surface area contributed by atoms with Crippen molar-refractivity contribution in [3.05, 3.63) is 58.5 Å². The topological polar surface area (TPSA) is 62.2 Å². The number of aromatic carboxylic acids is 1. The van der Waals surface area contributed by atoms with E-state index >= 15 is 0 Å². The predicted molar refractivity (Wildman–Crippen MR) is 74.6 cm³/mol. The summed E-state index contributed by atoms with van der Waals surface area (Å²) in [7, 11) is 0. The molecule has 0 aliphatic heterocycles. The van der Waals surface area contributed by atoms with Crippen molar-refractivity contribution in [2.75, 3.05) is 5.32 Å². The van der Waals surface area contributed by atoms with E-state index in [4.69, 9.17) is 16.7 Å². The number of carboxylic acids is 1. The summed E-state index contributed by atoms with van der Waals surface area (Å²) in [4.78, 5) is 14.9. The van der Waals surface area contributed by atoms with Gasteiger partial charge >= 0.3 is 5.97 Å². The minimum absolute atomic E-state index is 0.0407. The molecule has 0 spiro atoms. The molecule has 104 valence electrons. The molecule has 0 aliphatic carbocycles. The standard InChI is InChI=1S/C14H12ClFN2O2/c1-8(9-3-2-4-11(16)5-9)17-13-7-10(14(19)20)6-12(15)18-13/h2-8H,1H3,(H,17,18)(H,19,20). The van der Waals surface area contributed by atoms with Crippen molar-refractivity contribution in [2.24, 2.45) is 0 Å². The fourth-order valence-electron chi connectivity index (χ4n) is 1.78. The SMILES string of the molecule is CC(Nc1cc(C(=O)O)cc(Cl)n1)c1cccc(F)c1. The van der Waals surface area contributed by atoms with Gasteiger partial charge in [-0.3, -0.25) is 0 Å². The van der Waals surface area contributed by atoms with Crippen molar-refractivity contribution in [3.8, 4) is 0 Å². The monoisotopic (exact) mass is 294 g/mol. The lowest BCUT2D eigenvalue weighted by molar-refractivity contribution is 0.0697. The Kier molecular flexibility index (Phi) is 4.20. The van der Waals surface area contributed by atoms with Crippen LogP contribution in [0.3, 0.4) is 0 Å². The van der Waals surface area contributed by atoms with Gasteiger partial charge in [0.05, 0.1) is 11.6 Å². The molecule has 0 fully saturated rings. The van der Waals surface area contributed by atoms with E-state index in [2.05, 4.69) is 10.3 Å². The Hall–Kier alpha value is -2.14. The van der Waals surface area contributed by atoms with Crippen LogP contribution in [0.2, 0.25) is 5.15 Å². The van der Waals surface area contributed by atoms with Crippen LogP contribution in [-0.2, 0) is 0 Å². The zero-order valence-electron chi connectivity index (χ0n) is 10.6. The van der Waals surface area contributed by atoms with Crippen LogP contribution in [0.4, 0.5) is 10.2 Å². The molecule has 20 heavy (non-hydrogen) atoms. The lowest BCUT2D eigenvalue weighted by atomic mass is 10.1. The first-order valence-electron chi connectivity index (χ1n) is 5.88. The van der Waals surface area contributed by atoms with Gasteiger partial charge in [-0.15, -0.1) is 0 Å². The van der Waals surface area contributed by atoms with Crippen molar-refractivity contribution in [1.82, 2.24) is 4.98 Å². The summed E-state index contributed by atoms with van der Waals surface area (Å²) in [5.74, 6) is -1.09. The van der Waals surface area contributed by atoms with Crippen LogP contribution in [0.15, 0.2) is 36.4 Å². The molecule has 2 rings (SSSR count). The first-order chi connectivity index (χ1) is 9.45. The number of nitrogens with zero attached hydrogens (tertiary/aromatic N) is 1. The van der Waals surface area contributed by atoms with Crippen molar-refractivity contribution in [1.29, 1.82) is 0 Å². The van der Waals surface area contributed by atoms with Crippen LogP contribution in [0.25, 0.3) is 0 Å². The van der Waals surface area contributed by atoms with E-state index in [0.29, 0.717) is 5.82 Å².